The van der Waals surface area contributed by atoms with E-state index in [-0.39, 0.29) is 0 Å². The first-order valence-corrected chi connectivity index (χ1v) is 9.65. The van der Waals surface area contributed by atoms with Crippen molar-refractivity contribution in [1.29, 1.82) is 0 Å². The first-order valence-electron chi connectivity index (χ1n) is 8.48. The smallest absolute Gasteiger partial charge is 0.134 e. The van der Waals surface area contributed by atoms with Gasteiger partial charge in [0, 0.05) is 17.3 Å². The molecule has 3 aromatic carbocycles. The molecule has 0 radical (unpaired) electrons. The van der Waals surface area contributed by atoms with Crippen LogP contribution in [-0.4, -0.2) is 0 Å². The van der Waals surface area contributed by atoms with E-state index in [0.29, 0.717) is 6.61 Å². The van der Waals surface area contributed by atoms with Gasteiger partial charge in [-0.2, -0.15) is 0 Å². The van der Waals surface area contributed by atoms with Gasteiger partial charge in [-0.1, -0.05) is 53.6 Å². The zero-order valence-corrected chi connectivity index (χ0v) is 17.2. The van der Waals surface area contributed by atoms with Crippen molar-refractivity contribution in [2.45, 2.75) is 27.0 Å². The van der Waals surface area contributed by atoms with E-state index >= 15 is 0 Å². The zero-order chi connectivity index (χ0) is 18.5. The summed E-state index contributed by atoms with van der Waals surface area (Å²) in [5, 5.41) is 4.17. The molecule has 0 spiro atoms. The number of hydrogen-bond donors (Lipinski definition) is 1. The molecule has 4 heteroatoms. The van der Waals surface area contributed by atoms with Gasteiger partial charge in [0.1, 0.15) is 12.4 Å². The molecule has 0 aliphatic rings. The molecule has 26 heavy (non-hydrogen) atoms. The van der Waals surface area contributed by atoms with Crippen molar-refractivity contribution in [3.63, 3.8) is 0 Å². The SMILES string of the molecule is Cc1ccc(COc2ccc(CNc3ccc(C)c(Cl)c3)cc2Br)cc1. The molecule has 0 saturated carbocycles. The molecule has 0 bridgehead atoms. The van der Waals surface area contributed by atoms with Gasteiger partial charge in [0.2, 0.25) is 0 Å². The number of ether oxygens (including phenoxy) is 1. The fourth-order valence-corrected chi connectivity index (χ4v) is 3.24. The van der Waals surface area contributed by atoms with Crippen molar-refractivity contribution in [1.82, 2.24) is 0 Å². The summed E-state index contributed by atoms with van der Waals surface area (Å²) in [7, 11) is 0. The Morgan fingerprint density at radius 2 is 1.65 bits per heavy atom. The van der Waals surface area contributed by atoms with Crippen molar-refractivity contribution >= 4 is 33.2 Å². The molecule has 0 unspecified atom stereocenters. The average molecular weight is 431 g/mol. The molecular formula is C22H21BrClNO. The molecule has 3 aromatic rings. The van der Waals surface area contributed by atoms with Gasteiger partial charge in [0.15, 0.2) is 0 Å². The van der Waals surface area contributed by atoms with Crippen molar-refractivity contribution in [2.24, 2.45) is 0 Å². The normalized spacial score (nSPS) is 10.6. The second-order valence-corrected chi connectivity index (χ2v) is 7.62. The van der Waals surface area contributed by atoms with E-state index < -0.39 is 0 Å². The first-order chi connectivity index (χ1) is 12.5. The van der Waals surface area contributed by atoms with Crippen molar-refractivity contribution in [2.75, 3.05) is 5.32 Å². The largest absolute Gasteiger partial charge is 0.488 e. The van der Waals surface area contributed by atoms with Crippen LogP contribution < -0.4 is 10.1 Å². The maximum Gasteiger partial charge on any atom is 0.134 e. The van der Waals surface area contributed by atoms with Crippen molar-refractivity contribution in [3.8, 4) is 5.75 Å². The van der Waals surface area contributed by atoms with Gasteiger partial charge in [-0.3, -0.25) is 0 Å². The standard InChI is InChI=1S/C22H21BrClNO/c1-15-3-6-17(7-4-15)14-26-22-10-8-18(11-20(22)23)13-25-19-9-5-16(2)21(24)12-19/h3-12,25H,13-14H2,1-2H3. The Labute approximate surface area is 168 Å². The molecule has 2 nitrogen and oxygen atoms in total. The van der Waals surface area contributed by atoms with Crippen LogP contribution in [0.1, 0.15) is 22.3 Å². The molecule has 0 aliphatic heterocycles. The zero-order valence-electron chi connectivity index (χ0n) is 14.9. The highest BCUT2D eigenvalue weighted by Crippen LogP contribution is 2.27. The third-order valence-corrected chi connectivity index (χ3v) is 5.21. The first kappa shape index (κ1) is 18.8. The van der Waals surface area contributed by atoms with Crippen LogP contribution in [0.4, 0.5) is 5.69 Å². The molecule has 0 atom stereocenters. The summed E-state index contributed by atoms with van der Waals surface area (Å²) in [6.07, 6.45) is 0. The van der Waals surface area contributed by atoms with E-state index in [1.807, 2.05) is 31.2 Å². The summed E-state index contributed by atoms with van der Waals surface area (Å²) in [5.74, 6) is 0.840. The highest BCUT2D eigenvalue weighted by atomic mass is 79.9. The Morgan fingerprint density at radius 1 is 0.923 bits per heavy atom. The van der Waals surface area contributed by atoms with Crippen LogP contribution in [-0.2, 0) is 13.2 Å². The quantitative estimate of drug-likeness (QED) is 0.458. The van der Waals surface area contributed by atoms with E-state index in [9.17, 15) is 0 Å². The van der Waals surface area contributed by atoms with Crippen LogP contribution in [0.2, 0.25) is 5.02 Å². The third-order valence-electron chi connectivity index (χ3n) is 4.18. The molecule has 134 valence electrons. The average Bonchev–Trinajstić information content (AvgIpc) is 2.63. The molecule has 0 heterocycles. The molecule has 0 amide bonds. The number of aryl methyl sites for hydroxylation is 2. The lowest BCUT2D eigenvalue weighted by Gasteiger charge is -2.12. The fourth-order valence-electron chi connectivity index (χ4n) is 2.52. The number of rotatable bonds is 6. The topological polar surface area (TPSA) is 21.3 Å². The minimum Gasteiger partial charge on any atom is -0.488 e. The Balaban J connectivity index is 1.59. The molecule has 1 N–H and O–H groups in total. The highest BCUT2D eigenvalue weighted by molar-refractivity contribution is 9.10. The van der Waals surface area contributed by atoms with Gasteiger partial charge in [0.25, 0.3) is 0 Å². The third kappa shape index (κ3) is 5.03. The van der Waals surface area contributed by atoms with E-state index in [1.54, 1.807) is 0 Å². The van der Waals surface area contributed by atoms with Crippen LogP contribution in [0.5, 0.6) is 5.75 Å². The number of anilines is 1. The maximum atomic E-state index is 6.17. The number of nitrogens with one attached hydrogen (secondary N) is 1. The van der Waals surface area contributed by atoms with Gasteiger partial charge in [-0.05, 0) is 70.7 Å². The Kier molecular flexibility index (Phi) is 6.23. The molecule has 3 rings (SSSR count). The van der Waals surface area contributed by atoms with Gasteiger partial charge in [-0.15, -0.1) is 0 Å². The summed E-state index contributed by atoms with van der Waals surface area (Å²) >= 11 is 9.78. The predicted molar refractivity (Wildman–Crippen MR) is 113 cm³/mol. The van der Waals surface area contributed by atoms with Crippen LogP contribution in [0, 0.1) is 13.8 Å². The van der Waals surface area contributed by atoms with Gasteiger partial charge < -0.3 is 10.1 Å². The van der Waals surface area contributed by atoms with Crippen LogP contribution in [0.25, 0.3) is 0 Å². The van der Waals surface area contributed by atoms with Gasteiger partial charge in [-0.25, -0.2) is 0 Å². The number of hydrogen-bond acceptors (Lipinski definition) is 2. The fraction of sp³-hybridized carbons (Fsp3) is 0.182. The van der Waals surface area contributed by atoms with E-state index in [0.717, 1.165) is 44.2 Å². The Morgan fingerprint density at radius 3 is 2.35 bits per heavy atom. The summed E-state index contributed by atoms with van der Waals surface area (Å²) < 4.78 is 6.87. The highest BCUT2D eigenvalue weighted by Gasteiger charge is 2.04. The molecule has 0 aromatic heterocycles. The molecular weight excluding hydrogens is 410 g/mol. The second-order valence-electron chi connectivity index (χ2n) is 6.36. The Bertz CT molecular complexity index is 893. The summed E-state index contributed by atoms with van der Waals surface area (Å²) in [6.45, 7) is 5.35. The molecule has 0 fully saturated rings. The van der Waals surface area contributed by atoms with Gasteiger partial charge in [0.05, 0.1) is 4.47 Å². The molecule has 0 aliphatic carbocycles. The van der Waals surface area contributed by atoms with E-state index in [4.69, 9.17) is 16.3 Å². The van der Waals surface area contributed by atoms with Crippen molar-refractivity contribution < 1.29 is 4.74 Å². The van der Waals surface area contributed by atoms with Crippen LogP contribution in [0.15, 0.2) is 65.1 Å². The van der Waals surface area contributed by atoms with E-state index in [2.05, 4.69) is 64.6 Å². The monoisotopic (exact) mass is 429 g/mol. The minimum absolute atomic E-state index is 0.554. The maximum absolute atomic E-state index is 6.17. The second kappa shape index (κ2) is 8.61. The molecule has 0 saturated heterocycles. The summed E-state index contributed by atoms with van der Waals surface area (Å²) in [4.78, 5) is 0. The summed E-state index contributed by atoms with van der Waals surface area (Å²) in [6, 6.07) is 20.5. The number of benzene rings is 3. The van der Waals surface area contributed by atoms with Gasteiger partial charge >= 0.3 is 0 Å². The predicted octanol–water partition coefficient (Wildman–Crippen LogP) is 6.91. The van der Waals surface area contributed by atoms with Crippen molar-refractivity contribution in [3.05, 3.63) is 92.4 Å². The van der Waals surface area contributed by atoms with Crippen LogP contribution >= 0.6 is 27.5 Å². The van der Waals surface area contributed by atoms with Crippen LogP contribution in [0.3, 0.4) is 0 Å². The summed E-state index contributed by atoms with van der Waals surface area (Å²) in [5.41, 5.74) is 5.66. The lowest BCUT2D eigenvalue weighted by Crippen LogP contribution is -2.01. The Hall–Kier alpha value is -1.97. The minimum atomic E-state index is 0.554. The lowest BCUT2D eigenvalue weighted by atomic mass is 10.1. The lowest BCUT2D eigenvalue weighted by molar-refractivity contribution is 0.304. The van der Waals surface area contributed by atoms with E-state index in [1.165, 1.54) is 5.56 Å². The number of halogens is 2.